The van der Waals surface area contributed by atoms with E-state index in [1.54, 1.807) is 0 Å². The highest BCUT2D eigenvalue weighted by Gasteiger charge is 1.88. The maximum absolute atomic E-state index is 5.00. The molecule has 0 aromatic carbocycles. The van der Waals surface area contributed by atoms with Crippen molar-refractivity contribution in [2.75, 3.05) is 0 Å². The van der Waals surface area contributed by atoms with Gasteiger partial charge in [0.15, 0.2) is 0 Å². The number of nitrogens with one attached hydrogen (secondary N) is 1. The molecular weight excluding hydrogens is 136 g/mol. The van der Waals surface area contributed by atoms with Crippen LogP contribution in [0.2, 0.25) is 0 Å². The first-order valence-corrected chi connectivity index (χ1v) is 2.67. The molecule has 46 valence electrons. The van der Waals surface area contributed by atoms with Crippen LogP contribution in [0.25, 0.3) is 0 Å². The number of rotatable bonds is 1. The van der Waals surface area contributed by atoms with E-state index in [0.29, 0.717) is 11.3 Å². The molecule has 0 saturated carbocycles. The maximum atomic E-state index is 5.00. The molecule has 0 aliphatic rings. The van der Waals surface area contributed by atoms with Gasteiger partial charge in [0.1, 0.15) is 6.54 Å². The molecule has 1 heterocycles. The Labute approximate surface area is 56.9 Å². The standard InChI is InChI=1S/C4H4N4S/c1-2-3-8-4(9)5-6-7-8/h1H,3H2,(H,5,7,9). The molecule has 9 heavy (non-hydrogen) atoms. The second-order valence-electron chi connectivity index (χ2n) is 1.37. The lowest BCUT2D eigenvalue weighted by atomic mass is 10.7. The molecule has 0 spiro atoms. The van der Waals surface area contributed by atoms with Gasteiger partial charge in [0.25, 0.3) is 0 Å². The summed E-state index contributed by atoms with van der Waals surface area (Å²) >= 11 is 4.71. The van der Waals surface area contributed by atoms with Gasteiger partial charge in [0.05, 0.1) is 0 Å². The first kappa shape index (κ1) is 5.98. The predicted molar refractivity (Wildman–Crippen MR) is 34.0 cm³/mol. The van der Waals surface area contributed by atoms with Crippen LogP contribution in [0.5, 0.6) is 0 Å². The molecule has 1 N–H and O–H groups in total. The zero-order chi connectivity index (χ0) is 6.69. The minimum Gasteiger partial charge on any atom is -0.230 e. The average Bonchev–Trinajstić information content (AvgIpc) is 2.18. The fourth-order valence-corrected chi connectivity index (χ4v) is 0.556. The highest BCUT2D eigenvalue weighted by molar-refractivity contribution is 7.71. The van der Waals surface area contributed by atoms with E-state index in [0.717, 1.165) is 0 Å². The Kier molecular flexibility index (Phi) is 1.60. The molecule has 0 aliphatic heterocycles. The third kappa shape index (κ3) is 1.15. The van der Waals surface area contributed by atoms with Gasteiger partial charge in [0, 0.05) is 0 Å². The van der Waals surface area contributed by atoms with Crippen molar-refractivity contribution < 1.29 is 0 Å². The number of nitrogens with zero attached hydrogens (tertiary/aromatic N) is 3. The monoisotopic (exact) mass is 140 g/mol. The minimum atomic E-state index is 0.382. The molecule has 0 amide bonds. The third-order valence-corrected chi connectivity index (χ3v) is 1.08. The van der Waals surface area contributed by atoms with E-state index in [4.69, 9.17) is 18.6 Å². The van der Waals surface area contributed by atoms with Gasteiger partial charge in [-0.3, -0.25) is 0 Å². The molecule has 1 aromatic heterocycles. The third-order valence-electron chi connectivity index (χ3n) is 0.781. The Bertz CT molecular complexity index is 277. The van der Waals surface area contributed by atoms with Crippen molar-refractivity contribution in [2.24, 2.45) is 0 Å². The van der Waals surface area contributed by atoms with Crippen LogP contribution in [0, 0.1) is 17.1 Å². The summed E-state index contributed by atoms with van der Waals surface area (Å²) in [6, 6.07) is 0. The molecule has 0 bridgehead atoms. The van der Waals surface area contributed by atoms with E-state index >= 15 is 0 Å². The van der Waals surface area contributed by atoms with Crippen LogP contribution in [0.15, 0.2) is 0 Å². The van der Waals surface area contributed by atoms with Gasteiger partial charge in [0.2, 0.25) is 4.77 Å². The predicted octanol–water partition coefficient (Wildman–Crippen LogP) is -0.0311. The van der Waals surface area contributed by atoms with Crippen molar-refractivity contribution in [3.05, 3.63) is 4.77 Å². The second-order valence-corrected chi connectivity index (χ2v) is 1.74. The van der Waals surface area contributed by atoms with Gasteiger partial charge in [-0.1, -0.05) is 16.2 Å². The Morgan fingerprint density at radius 1 is 1.89 bits per heavy atom. The van der Waals surface area contributed by atoms with Gasteiger partial charge < -0.3 is 0 Å². The maximum Gasteiger partial charge on any atom is 0.239 e. The summed E-state index contributed by atoms with van der Waals surface area (Å²) in [5.41, 5.74) is 0. The molecular formula is C4H4N4S. The highest BCUT2D eigenvalue weighted by Crippen LogP contribution is 1.79. The molecule has 4 nitrogen and oxygen atoms in total. The first-order valence-electron chi connectivity index (χ1n) is 2.26. The Hall–Kier alpha value is -1.15. The normalized spacial score (nSPS) is 8.78. The second kappa shape index (κ2) is 2.42. The number of aromatic amines is 1. The topological polar surface area (TPSA) is 46.5 Å². The van der Waals surface area contributed by atoms with E-state index in [-0.39, 0.29) is 0 Å². The van der Waals surface area contributed by atoms with Crippen LogP contribution in [0.1, 0.15) is 0 Å². The number of tetrazole rings is 1. The first-order chi connectivity index (χ1) is 4.34. The van der Waals surface area contributed by atoms with Gasteiger partial charge in [-0.2, -0.15) is 5.21 Å². The van der Waals surface area contributed by atoms with Crippen molar-refractivity contribution in [2.45, 2.75) is 6.54 Å². The summed E-state index contributed by atoms with van der Waals surface area (Å²) in [6.45, 7) is 0.395. The molecule has 0 fully saturated rings. The summed E-state index contributed by atoms with van der Waals surface area (Å²) < 4.78 is 1.88. The summed E-state index contributed by atoms with van der Waals surface area (Å²) in [7, 11) is 0. The van der Waals surface area contributed by atoms with Gasteiger partial charge in [-0.15, -0.1) is 6.42 Å². The summed E-state index contributed by atoms with van der Waals surface area (Å²) in [5.74, 6) is 2.40. The van der Waals surface area contributed by atoms with Crippen LogP contribution >= 0.6 is 12.2 Å². The quantitative estimate of drug-likeness (QED) is 0.440. The minimum absolute atomic E-state index is 0.382. The van der Waals surface area contributed by atoms with E-state index in [1.807, 2.05) is 0 Å². The zero-order valence-electron chi connectivity index (χ0n) is 4.53. The van der Waals surface area contributed by atoms with Gasteiger partial charge in [-0.25, -0.2) is 4.68 Å². The highest BCUT2D eigenvalue weighted by atomic mass is 32.1. The largest absolute Gasteiger partial charge is 0.239 e. The number of hydrogen-bond acceptors (Lipinski definition) is 3. The summed E-state index contributed by atoms with van der Waals surface area (Å²) in [4.78, 5) is 0. The van der Waals surface area contributed by atoms with Gasteiger partial charge >= 0.3 is 0 Å². The number of hydrogen-bond donors (Lipinski definition) is 1. The number of H-pyrrole nitrogens is 1. The molecule has 0 radical (unpaired) electrons. The number of terminal acetylenes is 1. The van der Waals surface area contributed by atoms with Crippen LogP contribution in [-0.2, 0) is 6.54 Å². The van der Waals surface area contributed by atoms with E-state index in [1.165, 1.54) is 4.68 Å². The smallest absolute Gasteiger partial charge is 0.230 e. The molecule has 0 saturated heterocycles. The Morgan fingerprint density at radius 3 is 3.11 bits per heavy atom. The number of aromatic nitrogens is 4. The fraction of sp³-hybridized carbons (Fsp3) is 0.250. The molecule has 0 aliphatic carbocycles. The van der Waals surface area contributed by atoms with Crippen molar-refractivity contribution in [1.82, 2.24) is 20.2 Å². The Morgan fingerprint density at radius 2 is 2.67 bits per heavy atom. The van der Waals surface area contributed by atoms with Crippen LogP contribution in [0.3, 0.4) is 0 Å². The molecule has 5 heteroatoms. The molecule has 1 rings (SSSR count). The molecule has 0 atom stereocenters. The van der Waals surface area contributed by atoms with Crippen LogP contribution in [-0.4, -0.2) is 20.2 Å². The van der Waals surface area contributed by atoms with Crippen molar-refractivity contribution in [1.29, 1.82) is 0 Å². The van der Waals surface area contributed by atoms with Crippen molar-refractivity contribution in [3.63, 3.8) is 0 Å². The Balaban J connectivity index is 2.98. The lowest BCUT2D eigenvalue weighted by Gasteiger charge is -1.87. The van der Waals surface area contributed by atoms with E-state index in [2.05, 4.69) is 21.4 Å². The zero-order valence-corrected chi connectivity index (χ0v) is 5.35. The molecule has 0 unspecified atom stereocenters. The summed E-state index contributed by atoms with van der Waals surface area (Å²) in [6.07, 6.45) is 5.00. The van der Waals surface area contributed by atoms with Crippen molar-refractivity contribution in [3.8, 4) is 12.3 Å². The SMILES string of the molecule is C#CCn1[nH]nnc1=S. The fourth-order valence-electron chi connectivity index (χ4n) is 0.410. The average molecular weight is 140 g/mol. The molecule has 1 aromatic rings. The summed E-state index contributed by atoms with van der Waals surface area (Å²) in [5, 5.41) is 9.46. The lowest BCUT2D eigenvalue weighted by molar-refractivity contribution is 0.664. The van der Waals surface area contributed by atoms with E-state index < -0.39 is 0 Å². The van der Waals surface area contributed by atoms with Gasteiger partial charge in [-0.05, 0) is 12.2 Å². The van der Waals surface area contributed by atoms with E-state index in [9.17, 15) is 0 Å². The van der Waals surface area contributed by atoms with Crippen LogP contribution in [0.4, 0.5) is 0 Å². The van der Waals surface area contributed by atoms with Crippen LogP contribution < -0.4 is 0 Å². The lowest BCUT2D eigenvalue weighted by Crippen LogP contribution is -1.97. The van der Waals surface area contributed by atoms with Crippen molar-refractivity contribution >= 4 is 12.2 Å².